The fraction of sp³-hybridized carbons (Fsp3) is 0.533. The normalized spacial score (nSPS) is 24.2. The number of alkyl carbamates (subject to hydrolysis) is 1. The standard InChI is InChI=1S/C30H38ClN3O4/c1-18-11-14-23-29(5,6)30(23,17-18)38-34(16-15-32-27(36)37-28(2,3)4)22-13-12-20(31)24-25(22)33-21-10-8-7-9-19(21)26(24)35/h7-10,12-13,18,23H,11,14-17H2,1-6H3,(H,32,36)(H,33,35). The van der Waals surface area contributed by atoms with E-state index in [1.165, 1.54) is 6.42 Å². The molecule has 0 spiro atoms. The molecule has 3 atom stereocenters. The van der Waals surface area contributed by atoms with Crippen LogP contribution >= 0.6 is 11.6 Å². The van der Waals surface area contributed by atoms with Crippen molar-refractivity contribution in [2.75, 3.05) is 18.2 Å². The minimum atomic E-state index is -0.588. The van der Waals surface area contributed by atoms with Crippen LogP contribution in [0.2, 0.25) is 5.02 Å². The van der Waals surface area contributed by atoms with E-state index in [0.717, 1.165) is 18.4 Å². The molecule has 204 valence electrons. The van der Waals surface area contributed by atoms with Crippen molar-refractivity contribution in [2.45, 2.75) is 72.0 Å². The topological polar surface area (TPSA) is 83.7 Å². The summed E-state index contributed by atoms with van der Waals surface area (Å²) in [5, 5.41) is 6.10. The first-order chi connectivity index (χ1) is 17.8. The predicted octanol–water partition coefficient (Wildman–Crippen LogP) is 6.81. The third-order valence-corrected chi connectivity index (χ3v) is 8.67. The molecule has 5 rings (SSSR count). The molecular formula is C30H38ClN3O4. The molecular weight excluding hydrogens is 502 g/mol. The van der Waals surface area contributed by atoms with Crippen molar-refractivity contribution >= 4 is 45.2 Å². The van der Waals surface area contributed by atoms with E-state index in [1.807, 2.05) is 50.1 Å². The molecule has 2 aliphatic carbocycles. The molecule has 2 aromatic carbocycles. The first-order valence-electron chi connectivity index (χ1n) is 13.5. The lowest BCUT2D eigenvalue weighted by Crippen LogP contribution is -2.42. The lowest BCUT2D eigenvalue weighted by Gasteiger charge is -2.35. The number of halogens is 1. The van der Waals surface area contributed by atoms with Crippen molar-refractivity contribution in [3.63, 3.8) is 0 Å². The average Bonchev–Trinajstić information content (AvgIpc) is 3.30. The number of hydroxylamine groups is 1. The zero-order chi connectivity index (χ0) is 27.5. The summed E-state index contributed by atoms with van der Waals surface area (Å²) in [6.45, 7) is 13.0. The molecule has 2 aliphatic rings. The maximum atomic E-state index is 13.5. The Morgan fingerprint density at radius 3 is 2.66 bits per heavy atom. The molecule has 8 heteroatoms. The number of aromatic amines is 1. The number of hydrogen-bond acceptors (Lipinski definition) is 5. The summed E-state index contributed by atoms with van der Waals surface area (Å²) in [6.07, 6.45) is 2.81. The fourth-order valence-electron chi connectivity index (χ4n) is 6.38. The molecule has 3 aromatic rings. The van der Waals surface area contributed by atoms with E-state index in [-0.39, 0.29) is 16.4 Å². The predicted molar refractivity (Wildman–Crippen MR) is 153 cm³/mol. The van der Waals surface area contributed by atoms with Gasteiger partial charge in [0.2, 0.25) is 0 Å². The number of fused-ring (bicyclic) bond motifs is 3. The van der Waals surface area contributed by atoms with Crippen molar-refractivity contribution in [1.29, 1.82) is 0 Å². The zero-order valence-corrected chi connectivity index (χ0v) is 23.9. The lowest BCUT2D eigenvalue weighted by atomic mass is 9.88. The molecule has 0 saturated heterocycles. The van der Waals surface area contributed by atoms with E-state index in [2.05, 4.69) is 31.1 Å². The van der Waals surface area contributed by atoms with Crippen molar-refractivity contribution in [1.82, 2.24) is 10.3 Å². The van der Waals surface area contributed by atoms with E-state index >= 15 is 0 Å². The van der Waals surface area contributed by atoms with Crippen molar-refractivity contribution in [2.24, 2.45) is 17.3 Å². The smallest absolute Gasteiger partial charge is 0.407 e. The molecule has 7 nitrogen and oxygen atoms in total. The highest BCUT2D eigenvalue weighted by atomic mass is 35.5. The lowest BCUT2D eigenvalue weighted by molar-refractivity contribution is -0.0404. The van der Waals surface area contributed by atoms with Crippen LogP contribution in [0.25, 0.3) is 21.8 Å². The van der Waals surface area contributed by atoms with Crippen LogP contribution in [0.1, 0.15) is 60.8 Å². The number of anilines is 1. The molecule has 2 saturated carbocycles. The van der Waals surface area contributed by atoms with Gasteiger partial charge in [-0.1, -0.05) is 50.9 Å². The number of aromatic nitrogens is 1. The largest absolute Gasteiger partial charge is 0.444 e. The van der Waals surface area contributed by atoms with Crippen molar-refractivity contribution < 1.29 is 14.4 Å². The second kappa shape index (κ2) is 9.45. The number of carbonyl (C=O) groups is 1. The molecule has 2 fully saturated rings. The van der Waals surface area contributed by atoms with Crippen molar-refractivity contribution in [3.05, 3.63) is 51.6 Å². The van der Waals surface area contributed by atoms with Crippen LogP contribution in [0.3, 0.4) is 0 Å². The highest BCUT2D eigenvalue weighted by molar-refractivity contribution is 6.36. The number of carbonyl (C=O) groups excluding carboxylic acids is 1. The van der Waals surface area contributed by atoms with Crippen LogP contribution in [-0.4, -0.2) is 35.4 Å². The van der Waals surface area contributed by atoms with Gasteiger partial charge in [0.1, 0.15) is 11.2 Å². The molecule has 38 heavy (non-hydrogen) atoms. The Bertz CT molecular complexity index is 1440. The summed E-state index contributed by atoms with van der Waals surface area (Å²) in [6, 6.07) is 11.1. The van der Waals surface area contributed by atoms with Crippen LogP contribution < -0.4 is 15.8 Å². The minimum absolute atomic E-state index is 0.0247. The van der Waals surface area contributed by atoms with Gasteiger partial charge in [0, 0.05) is 22.9 Å². The first-order valence-corrected chi connectivity index (χ1v) is 13.9. The van der Waals surface area contributed by atoms with Gasteiger partial charge < -0.3 is 15.0 Å². The number of nitrogens with zero attached hydrogens (tertiary/aromatic N) is 1. The third kappa shape index (κ3) is 4.64. The third-order valence-electron chi connectivity index (χ3n) is 8.36. The number of nitrogens with one attached hydrogen (secondary N) is 2. The second-order valence-corrected chi connectivity index (χ2v) is 12.9. The summed E-state index contributed by atoms with van der Waals surface area (Å²) < 4.78 is 5.43. The highest BCUT2D eigenvalue weighted by Gasteiger charge is 2.74. The number of amides is 1. The molecule has 2 N–H and O–H groups in total. The maximum Gasteiger partial charge on any atom is 0.407 e. The Hall–Kier alpha value is -2.77. The number of H-pyrrole nitrogens is 1. The Balaban J connectivity index is 1.55. The van der Waals surface area contributed by atoms with Crippen LogP contribution in [0, 0.1) is 17.3 Å². The van der Waals surface area contributed by atoms with Crippen LogP contribution in [0.5, 0.6) is 0 Å². The van der Waals surface area contributed by atoms with Gasteiger partial charge in [-0.3, -0.25) is 9.63 Å². The van der Waals surface area contributed by atoms with Crippen molar-refractivity contribution in [3.8, 4) is 0 Å². The molecule has 0 bridgehead atoms. The fourth-order valence-corrected chi connectivity index (χ4v) is 6.62. The van der Waals surface area contributed by atoms with Gasteiger partial charge in [-0.25, -0.2) is 9.86 Å². The summed E-state index contributed by atoms with van der Waals surface area (Å²) in [5.41, 5.74) is 1.07. The van der Waals surface area contributed by atoms with Crippen LogP contribution in [0.4, 0.5) is 10.5 Å². The Kier molecular flexibility index (Phi) is 6.67. The second-order valence-electron chi connectivity index (χ2n) is 12.5. The van der Waals surface area contributed by atoms with E-state index in [9.17, 15) is 9.59 Å². The molecule has 1 amide bonds. The van der Waals surface area contributed by atoms with Gasteiger partial charge in [0.25, 0.3) is 0 Å². The minimum Gasteiger partial charge on any atom is -0.444 e. The molecule has 1 aromatic heterocycles. The Morgan fingerprint density at radius 2 is 1.92 bits per heavy atom. The van der Waals surface area contributed by atoms with Gasteiger partial charge in [0.15, 0.2) is 5.43 Å². The van der Waals surface area contributed by atoms with Gasteiger partial charge >= 0.3 is 6.09 Å². The number of pyridine rings is 1. The van der Waals surface area contributed by atoms with Crippen LogP contribution in [-0.2, 0) is 9.57 Å². The number of benzene rings is 2. The van der Waals surface area contributed by atoms with Gasteiger partial charge in [-0.15, -0.1) is 0 Å². The maximum absolute atomic E-state index is 13.5. The van der Waals surface area contributed by atoms with E-state index in [0.29, 0.717) is 51.9 Å². The molecule has 3 unspecified atom stereocenters. The van der Waals surface area contributed by atoms with E-state index < -0.39 is 11.7 Å². The summed E-state index contributed by atoms with van der Waals surface area (Å²) in [7, 11) is 0. The summed E-state index contributed by atoms with van der Waals surface area (Å²) >= 11 is 6.59. The first kappa shape index (κ1) is 26.8. The number of rotatable bonds is 6. The van der Waals surface area contributed by atoms with Gasteiger partial charge in [0.05, 0.1) is 28.2 Å². The molecule has 1 heterocycles. The van der Waals surface area contributed by atoms with Gasteiger partial charge in [-0.05, 0) is 69.7 Å². The SMILES string of the molecule is CC1CCC2C(C)(C)C2(ON(CCNC(=O)OC(C)(C)C)c2ccc(Cl)c3c(=O)c4ccccc4[nH]c23)C1. The number of ether oxygens (including phenoxy) is 1. The quantitative estimate of drug-likeness (QED) is 0.265. The Labute approximate surface area is 228 Å². The van der Waals surface area contributed by atoms with Crippen LogP contribution in [0.15, 0.2) is 41.2 Å². The molecule has 0 aliphatic heterocycles. The Morgan fingerprint density at radius 1 is 1.18 bits per heavy atom. The van der Waals surface area contributed by atoms with Gasteiger partial charge in [-0.2, -0.15) is 0 Å². The van der Waals surface area contributed by atoms with E-state index in [4.69, 9.17) is 21.2 Å². The average molecular weight is 540 g/mol. The zero-order valence-electron chi connectivity index (χ0n) is 23.1. The molecule has 0 radical (unpaired) electrons. The number of hydrogen-bond donors (Lipinski definition) is 2. The monoisotopic (exact) mass is 539 g/mol. The number of para-hydroxylation sites is 1. The summed E-state index contributed by atoms with van der Waals surface area (Å²) in [4.78, 5) is 36.3. The summed E-state index contributed by atoms with van der Waals surface area (Å²) in [5.74, 6) is 1.01. The highest BCUT2D eigenvalue weighted by Crippen LogP contribution is 2.71. The van der Waals surface area contributed by atoms with E-state index in [1.54, 1.807) is 12.1 Å².